The Morgan fingerprint density at radius 2 is 2.25 bits per heavy atom. The normalized spacial score (nSPS) is 10.1. The zero-order chi connectivity index (χ0) is 12.0. The van der Waals surface area contributed by atoms with Crippen molar-refractivity contribution in [2.75, 3.05) is 13.7 Å². The van der Waals surface area contributed by atoms with E-state index in [-0.39, 0.29) is 18.2 Å². The summed E-state index contributed by atoms with van der Waals surface area (Å²) in [6.45, 7) is 0.833. The molecule has 2 N–H and O–H groups in total. The molecule has 0 bridgehead atoms. The zero-order valence-corrected chi connectivity index (χ0v) is 8.86. The molecule has 0 aliphatic rings. The fraction of sp³-hybridized carbons (Fsp3) is 0.400. The smallest absolute Gasteiger partial charge is 0.371 e. The maximum absolute atomic E-state index is 10.8. The highest BCUT2D eigenvalue weighted by Crippen LogP contribution is 2.07. The number of methoxy groups -OCH3 is 1. The van der Waals surface area contributed by atoms with Gasteiger partial charge in [0.1, 0.15) is 5.76 Å². The molecule has 6 nitrogen and oxygen atoms in total. The first kappa shape index (κ1) is 12.3. The van der Waals surface area contributed by atoms with Gasteiger partial charge in [0, 0.05) is 6.54 Å². The molecule has 16 heavy (non-hydrogen) atoms. The summed E-state index contributed by atoms with van der Waals surface area (Å²) in [5.74, 6) is -0.967. The molecule has 0 saturated heterocycles. The van der Waals surface area contributed by atoms with Gasteiger partial charge in [-0.15, -0.1) is 0 Å². The number of esters is 1. The number of carboxylic acids is 1. The molecule has 0 spiro atoms. The van der Waals surface area contributed by atoms with Crippen LogP contribution in [-0.2, 0) is 16.1 Å². The SMILES string of the molecule is COC(=O)CCNCc1ccc(C(=O)O)o1. The lowest BCUT2D eigenvalue weighted by atomic mass is 10.4. The summed E-state index contributed by atoms with van der Waals surface area (Å²) in [5, 5.41) is 11.5. The van der Waals surface area contributed by atoms with Crippen LogP contribution >= 0.6 is 0 Å². The maximum Gasteiger partial charge on any atom is 0.371 e. The minimum absolute atomic E-state index is 0.0928. The Labute approximate surface area is 92.2 Å². The van der Waals surface area contributed by atoms with Crippen molar-refractivity contribution in [2.45, 2.75) is 13.0 Å². The first-order valence-corrected chi connectivity index (χ1v) is 4.73. The van der Waals surface area contributed by atoms with Gasteiger partial charge in [0.15, 0.2) is 0 Å². The second-order valence-corrected chi connectivity index (χ2v) is 3.07. The Kier molecular flexibility index (Phi) is 4.53. The van der Waals surface area contributed by atoms with E-state index in [0.29, 0.717) is 18.8 Å². The van der Waals surface area contributed by atoms with Gasteiger partial charge in [-0.25, -0.2) is 4.79 Å². The van der Waals surface area contributed by atoms with Gasteiger partial charge >= 0.3 is 11.9 Å². The predicted molar refractivity (Wildman–Crippen MR) is 54.0 cm³/mol. The molecule has 88 valence electrons. The van der Waals surface area contributed by atoms with E-state index >= 15 is 0 Å². The molecule has 1 heterocycles. The quantitative estimate of drug-likeness (QED) is 0.547. The summed E-state index contributed by atoms with van der Waals surface area (Å²) >= 11 is 0. The van der Waals surface area contributed by atoms with Crippen molar-refractivity contribution >= 4 is 11.9 Å². The lowest BCUT2D eigenvalue weighted by Gasteiger charge is -2.01. The Morgan fingerprint density at radius 1 is 1.50 bits per heavy atom. The average molecular weight is 227 g/mol. The molecule has 6 heteroatoms. The molecule has 0 amide bonds. The molecule has 1 aromatic heterocycles. The lowest BCUT2D eigenvalue weighted by Crippen LogP contribution is -2.18. The molecule has 1 rings (SSSR count). The van der Waals surface area contributed by atoms with Crippen LogP contribution in [0, 0.1) is 0 Å². The standard InChI is InChI=1S/C10H13NO5/c1-15-9(12)4-5-11-6-7-2-3-8(16-7)10(13)14/h2-3,11H,4-6H2,1H3,(H,13,14). The van der Waals surface area contributed by atoms with Crippen molar-refractivity contribution in [1.29, 1.82) is 0 Å². The zero-order valence-electron chi connectivity index (χ0n) is 8.86. The molecule has 0 aliphatic heterocycles. The monoisotopic (exact) mass is 227 g/mol. The third-order valence-corrected chi connectivity index (χ3v) is 1.91. The number of furan rings is 1. The summed E-state index contributed by atoms with van der Waals surface area (Å²) < 4.78 is 9.46. The topological polar surface area (TPSA) is 88.8 Å². The number of aromatic carboxylic acids is 1. The van der Waals surface area contributed by atoms with E-state index in [4.69, 9.17) is 9.52 Å². The maximum atomic E-state index is 10.8. The number of hydrogen-bond acceptors (Lipinski definition) is 5. The van der Waals surface area contributed by atoms with Gasteiger partial charge < -0.3 is 19.6 Å². The van der Waals surface area contributed by atoms with E-state index < -0.39 is 5.97 Å². The van der Waals surface area contributed by atoms with Gasteiger partial charge in [0.25, 0.3) is 0 Å². The highest BCUT2D eigenvalue weighted by Gasteiger charge is 2.08. The molecule has 0 aromatic carbocycles. The Morgan fingerprint density at radius 3 is 2.81 bits per heavy atom. The number of nitrogens with one attached hydrogen (secondary N) is 1. The summed E-state index contributed by atoms with van der Waals surface area (Å²) in [6, 6.07) is 2.97. The molecule has 1 aromatic rings. The van der Waals surface area contributed by atoms with E-state index in [1.54, 1.807) is 6.07 Å². The molecular formula is C10H13NO5. The van der Waals surface area contributed by atoms with Crippen LogP contribution in [0.15, 0.2) is 16.5 Å². The van der Waals surface area contributed by atoms with Crippen molar-refractivity contribution in [3.05, 3.63) is 23.7 Å². The number of ether oxygens (including phenoxy) is 1. The molecule has 0 radical (unpaired) electrons. The van der Waals surface area contributed by atoms with Crippen LogP contribution in [0.5, 0.6) is 0 Å². The van der Waals surface area contributed by atoms with Crippen molar-refractivity contribution in [3.8, 4) is 0 Å². The number of carbonyl (C=O) groups excluding carboxylic acids is 1. The van der Waals surface area contributed by atoms with E-state index in [1.807, 2.05) is 0 Å². The average Bonchev–Trinajstić information content (AvgIpc) is 2.72. The van der Waals surface area contributed by atoms with E-state index in [0.717, 1.165) is 0 Å². The summed E-state index contributed by atoms with van der Waals surface area (Å²) in [5.41, 5.74) is 0. The Bertz CT molecular complexity index is 371. The summed E-state index contributed by atoms with van der Waals surface area (Å²) in [7, 11) is 1.33. The second kappa shape index (κ2) is 5.92. The number of rotatable bonds is 6. The lowest BCUT2D eigenvalue weighted by molar-refractivity contribution is -0.140. The molecule has 0 unspecified atom stereocenters. The fourth-order valence-electron chi connectivity index (χ4n) is 1.09. The van der Waals surface area contributed by atoms with E-state index in [1.165, 1.54) is 13.2 Å². The second-order valence-electron chi connectivity index (χ2n) is 3.07. The highest BCUT2D eigenvalue weighted by molar-refractivity contribution is 5.84. The Hall–Kier alpha value is -1.82. The van der Waals surface area contributed by atoms with Crippen molar-refractivity contribution in [1.82, 2.24) is 5.32 Å². The first-order valence-electron chi connectivity index (χ1n) is 4.73. The predicted octanol–water partition coefficient (Wildman–Crippen LogP) is 0.630. The van der Waals surface area contributed by atoms with E-state index in [9.17, 15) is 9.59 Å². The molecule has 0 saturated carbocycles. The molecule has 0 aliphatic carbocycles. The molecule has 0 atom stereocenters. The van der Waals surface area contributed by atoms with E-state index in [2.05, 4.69) is 10.1 Å². The summed E-state index contributed by atoms with van der Waals surface area (Å²) in [4.78, 5) is 21.3. The third kappa shape index (κ3) is 3.74. The van der Waals surface area contributed by atoms with Crippen LogP contribution in [0.4, 0.5) is 0 Å². The van der Waals surface area contributed by atoms with Gasteiger partial charge in [-0.2, -0.15) is 0 Å². The van der Waals surface area contributed by atoms with Gasteiger partial charge in [0.05, 0.1) is 20.1 Å². The van der Waals surface area contributed by atoms with Gasteiger partial charge in [-0.05, 0) is 12.1 Å². The Balaban J connectivity index is 2.27. The van der Waals surface area contributed by atoms with Gasteiger partial charge in [-0.3, -0.25) is 4.79 Å². The van der Waals surface area contributed by atoms with Crippen LogP contribution in [0.25, 0.3) is 0 Å². The van der Waals surface area contributed by atoms with Crippen LogP contribution < -0.4 is 5.32 Å². The minimum atomic E-state index is -1.10. The summed E-state index contributed by atoms with van der Waals surface area (Å²) in [6.07, 6.45) is 0.267. The van der Waals surface area contributed by atoms with Crippen LogP contribution in [0.3, 0.4) is 0 Å². The number of carbonyl (C=O) groups is 2. The molecule has 0 fully saturated rings. The molecular weight excluding hydrogens is 214 g/mol. The number of hydrogen-bond donors (Lipinski definition) is 2. The third-order valence-electron chi connectivity index (χ3n) is 1.91. The van der Waals surface area contributed by atoms with Crippen LogP contribution in [-0.4, -0.2) is 30.7 Å². The number of carboxylic acid groups (broad SMARTS) is 1. The van der Waals surface area contributed by atoms with Crippen LogP contribution in [0.2, 0.25) is 0 Å². The highest BCUT2D eigenvalue weighted by atomic mass is 16.5. The fourth-order valence-corrected chi connectivity index (χ4v) is 1.09. The van der Waals surface area contributed by atoms with Gasteiger partial charge in [-0.1, -0.05) is 0 Å². The largest absolute Gasteiger partial charge is 0.475 e. The van der Waals surface area contributed by atoms with Crippen molar-refractivity contribution < 1.29 is 23.8 Å². The van der Waals surface area contributed by atoms with Crippen molar-refractivity contribution in [2.24, 2.45) is 0 Å². The van der Waals surface area contributed by atoms with Crippen LogP contribution in [0.1, 0.15) is 22.7 Å². The first-order chi connectivity index (χ1) is 7.63. The minimum Gasteiger partial charge on any atom is -0.475 e. The van der Waals surface area contributed by atoms with Crippen molar-refractivity contribution in [3.63, 3.8) is 0 Å². The van der Waals surface area contributed by atoms with Gasteiger partial charge in [0.2, 0.25) is 5.76 Å².